The minimum atomic E-state index is -0.707. The Morgan fingerprint density at radius 2 is 2.03 bits per heavy atom. The van der Waals surface area contributed by atoms with Crippen molar-refractivity contribution >= 4 is 52.3 Å². The van der Waals surface area contributed by atoms with E-state index in [4.69, 9.17) is 14.0 Å². The highest BCUT2D eigenvalue weighted by Gasteiger charge is 2.49. The van der Waals surface area contributed by atoms with Crippen molar-refractivity contribution in [2.24, 2.45) is 5.92 Å². The summed E-state index contributed by atoms with van der Waals surface area (Å²) in [5, 5.41) is 3.72. The highest BCUT2D eigenvalue weighted by atomic mass is 33.1. The quantitative estimate of drug-likeness (QED) is 0.529. The van der Waals surface area contributed by atoms with E-state index in [0.29, 0.717) is 16.1 Å². The molecule has 1 amide bonds. The maximum atomic E-state index is 12.6. The number of carbonyl (C=O) groups excluding carboxylic acids is 1. The summed E-state index contributed by atoms with van der Waals surface area (Å²) < 4.78 is 20.5. The molecule has 0 radical (unpaired) electrons. The Labute approximate surface area is 201 Å². The van der Waals surface area contributed by atoms with Gasteiger partial charge in [0.1, 0.15) is 12.2 Å². The van der Waals surface area contributed by atoms with Crippen LogP contribution in [0.5, 0.6) is 0 Å². The summed E-state index contributed by atoms with van der Waals surface area (Å²) in [6.07, 6.45) is 0.877. The van der Waals surface area contributed by atoms with Crippen molar-refractivity contribution in [3.63, 3.8) is 0 Å². The number of hydrogen-bond donors (Lipinski definition) is 2. The molecule has 0 aromatic carbocycles. The molecule has 182 valence electrons. The van der Waals surface area contributed by atoms with Crippen LogP contribution in [0, 0.1) is 5.92 Å². The Hall–Kier alpha value is -1.17. The lowest BCUT2D eigenvalue weighted by molar-refractivity contribution is -0.118. The summed E-state index contributed by atoms with van der Waals surface area (Å²) in [5.74, 6) is -0.425. The average Bonchev–Trinajstić information content (AvgIpc) is 3.43. The van der Waals surface area contributed by atoms with E-state index >= 15 is 0 Å². The Balaban J connectivity index is 1.64. The molecule has 10 nitrogen and oxygen atoms in total. The Morgan fingerprint density at radius 3 is 2.64 bits per heavy atom. The SMILES string of the molecule is CC[C@H]1O[C@@H](n2cnc3c(=O)[nH]c(NC(=O)C(C)C)nc32)[C@@H](OC)C1OP1SC(C)C(C)S1. The Morgan fingerprint density at radius 1 is 1.33 bits per heavy atom. The summed E-state index contributed by atoms with van der Waals surface area (Å²) in [7, 11) is 1.64. The molecule has 0 saturated carbocycles. The zero-order chi connectivity index (χ0) is 23.9. The fourth-order valence-electron chi connectivity index (χ4n) is 3.69. The number of methoxy groups -OCH3 is 1. The van der Waals surface area contributed by atoms with Crippen LogP contribution in [-0.2, 0) is 18.8 Å². The predicted molar refractivity (Wildman–Crippen MR) is 133 cm³/mol. The highest BCUT2D eigenvalue weighted by Crippen LogP contribution is 2.72. The van der Waals surface area contributed by atoms with Crippen molar-refractivity contribution in [3.8, 4) is 0 Å². The standard InChI is InChI=1S/C20H30N5O5PS2/c1-7-12-14(30-31-32-10(4)11(5)33-31)15(28-6)19(29-12)25-8-21-13-16(25)22-20(24-18(13)27)23-17(26)9(2)3/h8-12,14-15,19H,7H2,1-6H3,(H2,22,23,24,26,27)/t10?,11?,12-,14?,15+,19-,31?/m1/s1. The van der Waals surface area contributed by atoms with Crippen molar-refractivity contribution in [2.45, 2.75) is 76.1 Å². The fourth-order valence-corrected chi connectivity index (χ4v) is 12.7. The van der Waals surface area contributed by atoms with Crippen LogP contribution in [0.15, 0.2) is 11.1 Å². The van der Waals surface area contributed by atoms with Gasteiger partial charge < -0.3 is 14.0 Å². The molecule has 2 fully saturated rings. The number of fused-ring (bicyclic) bond motifs is 1. The zero-order valence-electron chi connectivity index (χ0n) is 19.5. The number of anilines is 1. The summed E-state index contributed by atoms with van der Waals surface area (Å²) >= 11 is 3.75. The van der Waals surface area contributed by atoms with Crippen LogP contribution in [0.4, 0.5) is 5.95 Å². The largest absolute Gasteiger partial charge is 0.374 e. The van der Waals surface area contributed by atoms with Crippen LogP contribution in [0.2, 0.25) is 0 Å². The minimum absolute atomic E-state index is 0.0740. The van der Waals surface area contributed by atoms with Crippen molar-refractivity contribution in [1.29, 1.82) is 0 Å². The highest BCUT2D eigenvalue weighted by molar-refractivity contribution is 8.88. The van der Waals surface area contributed by atoms with E-state index in [1.54, 1.807) is 25.5 Å². The Bertz CT molecular complexity index is 1060. The van der Waals surface area contributed by atoms with E-state index in [1.165, 1.54) is 6.33 Å². The van der Waals surface area contributed by atoms with Crippen LogP contribution in [0.3, 0.4) is 0 Å². The third-order valence-electron chi connectivity index (χ3n) is 5.81. The summed E-state index contributed by atoms with van der Waals surface area (Å²) in [6.45, 7) is 9.33. The third-order valence-corrected chi connectivity index (χ3v) is 13.3. The van der Waals surface area contributed by atoms with E-state index < -0.39 is 24.4 Å². The van der Waals surface area contributed by atoms with E-state index in [1.807, 2.05) is 22.8 Å². The second-order valence-electron chi connectivity index (χ2n) is 8.47. The van der Waals surface area contributed by atoms with Gasteiger partial charge in [-0.25, -0.2) is 4.98 Å². The van der Waals surface area contributed by atoms with Crippen LogP contribution in [0.25, 0.3) is 11.2 Å². The molecule has 2 aromatic heterocycles. The molecule has 4 heterocycles. The van der Waals surface area contributed by atoms with Crippen molar-refractivity contribution < 1.29 is 18.8 Å². The van der Waals surface area contributed by atoms with Crippen molar-refractivity contribution in [1.82, 2.24) is 19.5 Å². The van der Waals surface area contributed by atoms with Crippen molar-refractivity contribution in [2.75, 3.05) is 12.4 Å². The minimum Gasteiger partial charge on any atom is -0.374 e. The number of aromatic nitrogens is 4. The van der Waals surface area contributed by atoms with Gasteiger partial charge in [-0.15, -0.1) is 0 Å². The van der Waals surface area contributed by atoms with Crippen molar-refractivity contribution in [3.05, 3.63) is 16.7 Å². The number of H-pyrrole nitrogens is 1. The number of carbonyl (C=O) groups is 1. The van der Waals surface area contributed by atoms with E-state index in [9.17, 15) is 9.59 Å². The number of aromatic amines is 1. The monoisotopic (exact) mass is 515 g/mol. The lowest BCUT2D eigenvalue weighted by atomic mass is 10.1. The van der Waals surface area contributed by atoms with Gasteiger partial charge in [0.25, 0.3) is 5.56 Å². The van der Waals surface area contributed by atoms with E-state index in [2.05, 4.69) is 41.0 Å². The maximum absolute atomic E-state index is 12.6. The van der Waals surface area contributed by atoms with Crippen LogP contribution in [0.1, 0.15) is 47.3 Å². The van der Waals surface area contributed by atoms with Crippen LogP contribution in [-0.4, -0.2) is 61.3 Å². The first-order chi connectivity index (χ1) is 15.7. The second-order valence-corrected chi connectivity index (χ2v) is 15.0. The maximum Gasteiger partial charge on any atom is 0.280 e. The Kier molecular flexibility index (Phi) is 7.72. The number of amides is 1. The topological polar surface area (TPSA) is 120 Å². The molecule has 2 aliphatic rings. The first-order valence-electron chi connectivity index (χ1n) is 11.0. The normalized spacial score (nSPS) is 32.2. The average molecular weight is 516 g/mol. The molecule has 0 bridgehead atoms. The number of ether oxygens (including phenoxy) is 2. The van der Waals surface area contributed by atoms with E-state index in [-0.39, 0.29) is 35.5 Å². The molecule has 0 aliphatic carbocycles. The molecule has 2 saturated heterocycles. The summed E-state index contributed by atoms with van der Waals surface area (Å²) in [6, 6.07) is 0. The summed E-state index contributed by atoms with van der Waals surface area (Å²) in [4.78, 5) is 36.0. The van der Waals surface area contributed by atoms with Gasteiger partial charge >= 0.3 is 0 Å². The molecular formula is C20H30N5O5PS2. The fraction of sp³-hybridized carbons (Fsp3) is 0.700. The van der Waals surface area contributed by atoms with Gasteiger partial charge in [-0.1, -0.05) is 57.4 Å². The molecule has 2 aromatic rings. The lowest BCUT2D eigenvalue weighted by Gasteiger charge is -2.25. The smallest absolute Gasteiger partial charge is 0.280 e. The number of rotatable bonds is 7. The first kappa shape index (κ1) is 24.9. The molecular weight excluding hydrogens is 485 g/mol. The second kappa shape index (κ2) is 10.2. The molecule has 0 spiro atoms. The molecule has 6 atom stereocenters. The molecule has 13 heteroatoms. The van der Waals surface area contributed by atoms with Crippen LogP contribution < -0.4 is 10.9 Å². The molecule has 2 N–H and O–H groups in total. The molecule has 3 unspecified atom stereocenters. The van der Waals surface area contributed by atoms with Gasteiger partial charge in [0.2, 0.25) is 11.9 Å². The van der Waals surface area contributed by atoms with Gasteiger partial charge in [0.05, 0.1) is 12.4 Å². The predicted octanol–water partition coefficient (Wildman–Crippen LogP) is 3.91. The van der Waals surface area contributed by atoms with Gasteiger partial charge in [0, 0.05) is 23.5 Å². The zero-order valence-corrected chi connectivity index (χ0v) is 22.0. The first-order valence-corrected chi connectivity index (χ1v) is 15.2. The molecule has 33 heavy (non-hydrogen) atoms. The lowest BCUT2D eigenvalue weighted by Crippen LogP contribution is -2.34. The van der Waals surface area contributed by atoms with Gasteiger partial charge in [-0.3, -0.25) is 24.5 Å². The van der Waals surface area contributed by atoms with Gasteiger partial charge in [-0.2, -0.15) is 4.98 Å². The number of nitrogens with one attached hydrogen (secondary N) is 2. The van der Waals surface area contributed by atoms with Gasteiger partial charge in [-0.05, 0) is 6.42 Å². The van der Waals surface area contributed by atoms with Gasteiger partial charge in [0.15, 0.2) is 23.9 Å². The van der Waals surface area contributed by atoms with E-state index in [0.717, 1.165) is 6.42 Å². The molecule has 2 aliphatic heterocycles. The summed E-state index contributed by atoms with van der Waals surface area (Å²) in [5.41, 5.74) is 0.0510. The van der Waals surface area contributed by atoms with Crippen LogP contribution >= 0.6 is 29.3 Å². The number of imidazole rings is 1. The molecule has 4 rings (SSSR count). The third kappa shape index (κ3) is 4.97. The number of hydrogen-bond acceptors (Lipinski definition) is 9. The number of nitrogens with zero attached hydrogens (tertiary/aromatic N) is 3.